The molecule has 0 saturated carbocycles. The lowest BCUT2D eigenvalue weighted by Gasteiger charge is -2.23. The standard InChI is InChI=1S/C12H17N/c1-8-6-10-4-3-5-12(13)11(10)7-9(8)2/h6-7,12H,3-5,13H2,1-2H3/t12-/m1/s1. The number of rotatable bonds is 0. The lowest BCUT2D eigenvalue weighted by molar-refractivity contribution is 0.569. The lowest BCUT2D eigenvalue weighted by Crippen LogP contribution is -2.17. The zero-order valence-electron chi connectivity index (χ0n) is 8.43. The monoisotopic (exact) mass is 175 g/mol. The van der Waals surface area contributed by atoms with Gasteiger partial charge in [-0.25, -0.2) is 0 Å². The molecular formula is C12H17N. The number of nitrogens with two attached hydrogens (primary N) is 1. The van der Waals surface area contributed by atoms with Gasteiger partial charge in [-0.2, -0.15) is 0 Å². The molecular weight excluding hydrogens is 158 g/mol. The Kier molecular flexibility index (Phi) is 2.12. The van der Waals surface area contributed by atoms with Crippen LogP contribution >= 0.6 is 0 Å². The van der Waals surface area contributed by atoms with Gasteiger partial charge in [0.05, 0.1) is 0 Å². The summed E-state index contributed by atoms with van der Waals surface area (Å²) < 4.78 is 0. The van der Waals surface area contributed by atoms with E-state index in [0.717, 1.165) is 6.42 Å². The summed E-state index contributed by atoms with van der Waals surface area (Å²) >= 11 is 0. The Morgan fingerprint density at radius 2 is 1.92 bits per heavy atom. The van der Waals surface area contributed by atoms with Gasteiger partial charge in [0.25, 0.3) is 0 Å². The molecule has 0 heterocycles. The fourth-order valence-corrected chi connectivity index (χ4v) is 2.13. The molecule has 1 nitrogen and oxygen atoms in total. The Morgan fingerprint density at radius 3 is 2.69 bits per heavy atom. The number of hydrogen-bond donors (Lipinski definition) is 1. The Labute approximate surface area is 80.0 Å². The first-order valence-corrected chi connectivity index (χ1v) is 5.04. The third-order valence-corrected chi connectivity index (χ3v) is 3.12. The summed E-state index contributed by atoms with van der Waals surface area (Å²) in [5.41, 5.74) is 11.7. The molecule has 1 heteroatoms. The first kappa shape index (κ1) is 8.76. The molecule has 70 valence electrons. The highest BCUT2D eigenvalue weighted by molar-refractivity contribution is 5.40. The Bertz CT molecular complexity index is 328. The van der Waals surface area contributed by atoms with E-state index in [1.165, 1.54) is 35.1 Å². The van der Waals surface area contributed by atoms with Gasteiger partial charge in [0, 0.05) is 6.04 Å². The van der Waals surface area contributed by atoms with Gasteiger partial charge in [-0.1, -0.05) is 12.1 Å². The van der Waals surface area contributed by atoms with Gasteiger partial charge in [-0.05, 0) is 55.4 Å². The van der Waals surface area contributed by atoms with Crippen molar-refractivity contribution in [1.29, 1.82) is 0 Å². The second-order valence-corrected chi connectivity index (χ2v) is 4.13. The van der Waals surface area contributed by atoms with Crippen LogP contribution in [0.25, 0.3) is 0 Å². The minimum Gasteiger partial charge on any atom is -0.324 e. The fraction of sp³-hybridized carbons (Fsp3) is 0.500. The average Bonchev–Trinajstić information content (AvgIpc) is 2.09. The van der Waals surface area contributed by atoms with Crippen molar-refractivity contribution in [1.82, 2.24) is 0 Å². The van der Waals surface area contributed by atoms with E-state index in [-0.39, 0.29) is 6.04 Å². The molecule has 1 atom stereocenters. The predicted molar refractivity (Wildman–Crippen MR) is 55.8 cm³/mol. The van der Waals surface area contributed by atoms with Crippen LogP contribution in [0.15, 0.2) is 12.1 Å². The molecule has 0 spiro atoms. The second kappa shape index (κ2) is 3.15. The minimum atomic E-state index is 0.281. The van der Waals surface area contributed by atoms with E-state index in [9.17, 15) is 0 Å². The van der Waals surface area contributed by atoms with Crippen molar-refractivity contribution in [3.05, 3.63) is 34.4 Å². The molecule has 2 N–H and O–H groups in total. The Balaban J connectivity index is 2.52. The second-order valence-electron chi connectivity index (χ2n) is 4.13. The normalized spacial score (nSPS) is 21.3. The summed E-state index contributed by atoms with van der Waals surface area (Å²) in [5, 5.41) is 0. The number of benzene rings is 1. The Hall–Kier alpha value is -0.820. The van der Waals surface area contributed by atoms with Crippen molar-refractivity contribution >= 4 is 0 Å². The van der Waals surface area contributed by atoms with Crippen LogP contribution in [0.3, 0.4) is 0 Å². The van der Waals surface area contributed by atoms with Crippen LogP contribution in [0.1, 0.15) is 41.1 Å². The van der Waals surface area contributed by atoms with E-state index < -0.39 is 0 Å². The van der Waals surface area contributed by atoms with Gasteiger partial charge >= 0.3 is 0 Å². The Morgan fingerprint density at radius 1 is 1.23 bits per heavy atom. The molecule has 1 aliphatic carbocycles. The molecule has 0 radical (unpaired) electrons. The zero-order chi connectivity index (χ0) is 9.42. The quantitative estimate of drug-likeness (QED) is 0.644. The molecule has 1 aliphatic rings. The first-order valence-electron chi connectivity index (χ1n) is 5.04. The molecule has 1 aromatic carbocycles. The molecule has 13 heavy (non-hydrogen) atoms. The third-order valence-electron chi connectivity index (χ3n) is 3.12. The fourth-order valence-electron chi connectivity index (χ4n) is 2.13. The van der Waals surface area contributed by atoms with E-state index in [4.69, 9.17) is 5.73 Å². The largest absolute Gasteiger partial charge is 0.324 e. The third kappa shape index (κ3) is 1.49. The molecule has 2 rings (SSSR count). The summed E-state index contributed by atoms with van der Waals surface area (Å²) in [6.45, 7) is 4.34. The van der Waals surface area contributed by atoms with Crippen molar-refractivity contribution < 1.29 is 0 Å². The van der Waals surface area contributed by atoms with Gasteiger partial charge in [0.2, 0.25) is 0 Å². The number of fused-ring (bicyclic) bond motifs is 1. The first-order chi connectivity index (χ1) is 6.18. The molecule has 1 aromatic rings. The molecule has 0 aliphatic heterocycles. The number of aryl methyl sites for hydroxylation is 3. The van der Waals surface area contributed by atoms with Crippen molar-refractivity contribution in [2.45, 2.75) is 39.2 Å². The maximum Gasteiger partial charge on any atom is 0.0297 e. The lowest BCUT2D eigenvalue weighted by atomic mass is 9.86. The maximum atomic E-state index is 6.07. The van der Waals surface area contributed by atoms with E-state index >= 15 is 0 Å². The molecule has 0 aromatic heterocycles. The number of hydrogen-bond acceptors (Lipinski definition) is 1. The molecule has 0 fully saturated rings. The van der Waals surface area contributed by atoms with Gasteiger partial charge in [-0.15, -0.1) is 0 Å². The van der Waals surface area contributed by atoms with Crippen LogP contribution in [0.2, 0.25) is 0 Å². The topological polar surface area (TPSA) is 26.0 Å². The maximum absolute atomic E-state index is 6.07. The SMILES string of the molecule is Cc1cc2c(cc1C)[C@H](N)CCC2. The van der Waals surface area contributed by atoms with Gasteiger partial charge in [0.15, 0.2) is 0 Å². The molecule has 0 saturated heterocycles. The van der Waals surface area contributed by atoms with E-state index in [0.29, 0.717) is 0 Å². The highest BCUT2D eigenvalue weighted by Gasteiger charge is 2.16. The van der Waals surface area contributed by atoms with Crippen molar-refractivity contribution in [3.8, 4) is 0 Å². The zero-order valence-corrected chi connectivity index (χ0v) is 8.43. The van der Waals surface area contributed by atoms with Gasteiger partial charge in [-0.3, -0.25) is 0 Å². The molecule has 0 bridgehead atoms. The molecule has 0 unspecified atom stereocenters. The van der Waals surface area contributed by atoms with Crippen LogP contribution < -0.4 is 5.73 Å². The van der Waals surface area contributed by atoms with E-state index in [1.807, 2.05) is 0 Å². The van der Waals surface area contributed by atoms with Crippen molar-refractivity contribution in [2.24, 2.45) is 5.73 Å². The van der Waals surface area contributed by atoms with Crippen molar-refractivity contribution in [2.75, 3.05) is 0 Å². The summed E-state index contributed by atoms with van der Waals surface area (Å²) in [6, 6.07) is 4.86. The summed E-state index contributed by atoms with van der Waals surface area (Å²) in [5.74, 6) is 0. The summed E-state index contributed by atoms with van der Waals surface area (Å²) in [4.78, 5) is 0. The van der Waals surface area contributed by atoms with Crippen molar-refractivity contribution in [3.63, 3.8) is 0 Å². The summed E-state index contributed by atoms with van der Waals surface area (Å²) in [7, 11) is 0. The summed E-state index contributed by atoms with van der Waals surface area (Å²) in [6.07, 6.45) is 3.61. The molecule has 0 amide bonds. The van der Waals surface area contributed by atoms with E-state index in [1.54, 1.807) is 0 Å². The predicted octanol–water partition coefficient (Wildman–Crippen LogP) is 2.64. The highest BCUT2D eigenvalue weighted by Crippen LogP contribution is 2.29. The van der Waals surface area contributed by atoms with E-state index in [2.05, 4.69) is 26.0 Å². The van der Waals surface area contributed by atoms with Gasteiger partial charge < -0.3 is 5.73 Å². The minimum absolute atomic E-state index is 0.281. The van der Waals surface area contributed by atoms with Crippen LogP contribution in [-0.4, -0.2) is 0 Å². The average molecular weight is 175 g/mol. The van der Waals surface area contributed by atoms with Crippen LogP contribution in [0.5, 0.6) is 0 Å². The van der Waals surface area contributed by atoms with Crippen LogP contribution in [0.4, 0.5) is 0 Å². The smallest absolute Gasteiger partial charge is 0.0297 e. The van der Waals surface area contributed by atoms with Crippen LogP contribution in [0, 0.1) is 13.8 Å². The highest BCUT2D eigenvalue weighted by atomic mass is 14.6. The van der Waals surface area contributed by atoms with Gasteiger partial charge in [0.1, 0.15) is 0 Å². The van der Waals surface area contributed by atoms with Crippen LogP contribution in [-0.2, 0) is 6.42 Å².